The largest absolute Gasteiger partial charge is 0.357 e. The molecule has 0 spiro atoms. The van der Waals surface area contributed by atoms with Gasteiger partial charge in [0.05, 0.1) is 49.2 Å². The summed E-state index contributed by atoms with van der Waals surface area (Å²) in [5, 5.41) is 27.0. The fourth-order valence-corrected chi connectivity index (χ4v) is 2.51. The minimum Gasteiger partial charge on any atom is -0.357 e. The molecule has 0 aliphatic carbocycles. The molecule has 0 bridgehead atoms. The van der Waals surface area contributed by atoms with Gasteiger partial charge in [0, 0.05) is 12.1 Å². The Labute approximate surface area is 159 Å². The van der Waals surface area contributed by atoms with Gasteiger partial charge in [-0.25, -0.2) is 4.98 Å². The Kier molecular flexibility index (Phi) is 7.52. The van der Waals surface area contributed by atoms with E-state index in [0.717, 1.165) is 11.3 Å². The third kappa shape index (κ3) is 5.39. The lowest BCUT2D eigenvalue weighted by Gasteiger charge is -2.13. The van der Waals surface area contributed by atoms with E-state index in [-0.39, 0.29) is 13.2 Å². The molecular weight excluding hydrogens is 342 g/mol. The summed E-state index contributed by atoms with van der Waals surface area (Å²) in [6.45, 7) is 4.09. The van der Waals surface area contributed by atoms with E-state index >= 15 is 0 Å². The molecule has 0 aliphatic heterocycles. The predicted molar refractivity (Wildman–Crippen MR) is 97.6 cm³/mol. The highest BCUT2D eigenvalue weighted by atomic mass is 16.5. The minimum atomic E-state index is -0.573. The van der Waals surface area contributed by atoms with Gasteiger partial charge in [-0.05, 0) is 13.8 Å². The molecule has 0 aliphatic rings. The lowest BCUT2D eigenvalue weighted by Crippen LogP contribution is -2.13. The standard InChI is InChI=1S/C20H21N5O2/c1-15(11-22)26-13-18-19(14-27-16(2)12-23)25(10-6-9-21)20(24-18)17-7-4-3-5-8-17/h3-5,7-8,15-16H,6,10,13-14H2,1-2H3. The summed E-state index contributed by atoms with van der Waals surface area (Å²) in [5.74, 6) is 0.706. The molecule has 0 radical (unpaired) electrons. The van der Waals surface area contributed by atoms with Crippen molar-refractivity contribution >= 4 is 0 Å². The van der Waals surface area contributed by atoms with E-state index in [4.69, 9.17) is 30.2 Å². The summed E-state index contributed by atoms with van der Waals surface area (Å²) in [7, 11) is 0. The van der Waals surface area contributed by atoms with Crippen LogP contribution in [0.2, 0.25) is 0 Å². The van der Waals surface area contributed by atoms with Crippen LogP contribution >= 0.6 is 0 Å². The van der Waals surface area contributed by atoms with Gasteiger partial charge in [0.15, 0.2) is 0 Å². The van der Waals surface area contributed by atoms with E-state index in [1.165, 1.54) is 0 Å². The van der Waals surface area contributed by atoms with E-state index in [0.29, 0.717) is 24.5 Å². The van der Waals surface area contributed by atoms with Crippen molar-refractivity contribution in [2.75, 3.05) is 0 Å². The zero-order valence-corrected chi connectivity index (χ0v) is 15.4. The van der Waals surface area contributed by atoms with Gasteiger partial charge >= 0.3 is 0 Å². The van der Waals surface area contributed by atoms with Crippen LogP contribution in [0.5, 0.6) is 0 Å². The van der Waals surface area contributed by atoms with E-state index < -0.39 is 12.2 Å². The van der Waals surface area contributed by atoms with E-state index in [9.17, 15) is 0 Å². The van der Waals surface area contributed by atoms with Crippen LogP contribution in [0.15, 0.2) is 30.3 Å². The second-order valence-electron chi connectivity index (χ2n) is 5.92. The molecule has 0 amide bonds. The van der Waals surface area contributed by atoms with Crippen molar-refractivity contribution in [1.29, 1.82) is 15.8 Å². The smallest absolute Gasteiger partial charge is 0.141 e. The van der Waals surface area contributed by atoms with E-state index in [1.54, 1.807) is 13.8 Å². The maximum Gasteiger partial charge on any atom is 0.141 e. The van der Waals surface area contributed by atoms with Crippen molar-refractivity contribution in [3.63, 3.8) is 0 Å². The lowest BCUT2D eigenvalue weighted by molar-refractivity contribution is 0.0718. The Bertz CT molecular complexity index is 871. The first-order valence-electron chi connectivity index (χ1n) is 8.63. The van der Waals surface area contributed by atoms with Gasteiger partial charge in [-0.2, -0.15) is 15.8 Å². The van der Waals surface area contributed by atoms with Gasteiger partial charge in [0.25, 0.3) is 0 Å². The molecule has 0 N–H and O–H groups in total. The molecule has 0 saturated carbocycles. The third-order valence-electron chi connectivity index (χ3n) is 3.94. The number of nitriles is 3. The molecule has 27 heavy (non-hydrogen) atoms. The lowest BCUT2D eigenvalue weighted by atomic mass is 10.2. The molecule has 2 atom stereocenters. The van der Waals surface area contributed by atoms with Gasteiger partial charge in [0.1, 0.15) is 18.0 Å². The highest BCUT2D eigenvalue weighted by Gasteiger charge is 2.20. The summed E-state index contributed by atoms with van der Waals surface area (Å²) in [6.07, 6.45) is -0.830. The molecule has 1 aromatic heterocycles. The molecular formula is C20H21N5O2. The number of nitrogens with zero attached hydrogens (tertiary/aromatic N) is 5. The maximum absolute atomic E-state index is 9.03. The Hall–Kier alpha value is -3.18. The Morgan fingerprint density at radius 3 is 2.22 bits per heavy atom. The maximum atomic E-state index is 9.03. The number of benzene rings is 1. The topological polar surface area (TPSA) is 108 Å². The van der Waals surface area contributed by atoms with Gasteiger partial charge < -0.3 is 14.0 Å². The average Bonchev–Trinajstić information content (AvgIpc) is 3.06. The minimum absolute atomic E-state index is 0.147. The van der Waals surface area contributed by atoms with Crippen LogP contribution in [0.25, 0.3) is 11.4 Å². The monoisotopic (exact) mass is 363 g/mol. The summed E-state index contributed by atoms with van der Waals surface area (Å²) >= 11 is 0. The first kappa shape index (κ1) is 20.1. The molecule has 2 aromatic rings. The van der Waals surface area contributed by atoms with E-state index in [1.807, 2.05) is 47.0 Å². The average molecular weight is 363 g/mol. The van der Waals surface area contributed by atoms with Crippen molar-refractivity contribution in [2.45, 2.75) is 52.2 Å². The number of ether oxygens (including phenoxy) is 2. The van der Waals surface area contributed by atoms with Gasteiger partial charge in [-0.3, -0.25) is 0 Å². The van der Waals surface area contributed by atoms with Crippen LogP contribution in [-0.2, 0) is 29.2 Å². The van der Waals surface area contributed by atoms with Crippen molar-refractivity contribution in [1.82, 2.24) is 9.55 Å². The molecule has 0 fully saturated rings. The Morgan fingerprint density at radius 1 is 1.00 bits per heavy atom. The molecule has 138 valence electrons. The second kappa shape index (κ2) is 10.1. The Balaban J connectivity index is 2.46. The van der Waals surface area contributed by atoms with E-state index in [2.05, 4.69) is 6.07 Å². The predicted octanol–water partition coefficient (Wildman–Crippen LogP) is 3.32. The molecule has 7 nitrogen and oxygen atoms in total. The number of rotatable bonds is 9. The van der Waals surface area contributed by atoms with Gasteiger partial charge in [0.2, 0.25) is 0 Å². The fourth-order valence-electron chi connectivity index (χ4n) is 2.51. The Morgan fingerprint density at radius 2 is 1.63 bits per heavy atom. The van der Waals surface area contributed by atoms with Gasteiger partial charge in [-0.1, -0.05) is 30.3 Å². The molecule has 2 rings (SSSR count). The van der Waals surface area contributed by atoms with Crippen molar-refractivity contribution in [3.8, 4) is 29.6 Å². The molecule has 1 heterocycles. The fraction of sp³-hybridized carbons (Fsp3) is 0.400. The van der Waals surface area contributed by atoms with Gasteiger partial charge in [-0.15, -0.1) is 0 Å². The first-order chi connectivity index (χ1) is 13.1. The molecule has 1 aromatic carbocycles. The first-order valence-corrected chi connectivity index (χ1v) is 8.63. The third-order valence-corrected chi connectivity index (χ3v) is 3.94. The zero-order chi connectivity index (χ0) is 19.6. The van der Waals surface area contributed by atoms with Crippen LogP contribution in [0.3, 0.4) is 0 Å². The molecule has 7 heteroatoms. The summed E-state index contributed by atoms with van der Waals surface area (Å²) in [4.78, 5) is 4.70. The van der Waals surface area contributed by atoms with Crippen LogP contribution in [0, 0.1) is 34.0 Å². The number of hydrogen-bond donors (Lipinski definition) is 0. The van der Waals surface area contributed by atoms with Crippen LogP contribution < -0.4 is 0 Å². The number of aromatic nitrogens is 2. The normalized spacial score (nSPS) is 12.6. The summed E-state index contributed by atoms with van der Waals surface area (Å²) < 4.78 is 13.1. The van der Waals surface area contributed by atoms with Crippen molar-refractivity contribution in [3.05, 3.63) is 41.7 Å². The van der Waals surface area contributed by atoms with Crippen LogP contribution in [0.1, 0.15) is 31.7 Å². The van der Waals surface area contributed by atoms with Crippen molar-refractivity contribution < 1.29 is 9.47 Å². The SMILES string of the molecule is CC(C#N)OCc1nc(-c2ccccc2)n(CCC#N)c1COC(C)C#N. The van der Waals surface area contributed by atoms with Crippen molar-refractivity contribution in [2.24, 2.45) is 0 Å². The number of hydrogen-bond acceptors (Lipinski definition) is 6. The van der Waals surface area contributed by atoms with Crippen LogP contribution in [-0.4, -0.2) is 21.8 Å². The molecule has 2 unspecified atom stereocenters. The quantitative estimate of drug-likeness (QED) is 0.676. The highest BCUT2D eigenvalue weighted by molar-refractivity contribution is 5.57. The second-order valence-corrected chi connectivity index (χ2v) is 5.92. The van der Waals surface area contributed by atoms with Crippen LogP contribution in [0.4, 0.5) is 0 Å². The molecule has 0 saturated heterocycles. The number of imidazole rings is 1. The zero-order valence-electron chi connectivity index (χ0n) is 15.4. The highest BCUT2D eigenvalue weighted by Crippen LogP contribution is 2.25. The summed E-state index contributed by atoms with van der Waals surface area (Å²) in [6, 6.07) is 15.9. The summed E-state index contributed by atoms with van der Waals surface area (Å²) in [5.41, 5.74) is 2.29.